The molecule has 0 fully saturated rings. The molecule has 11 N–H and O–H groups in total. The Hall–Kier alpha value is -6.11. The van der Waals surface area contributed by atoms with E-state index in [1.165, 1.54) is 6.07 Å². The third-order valence-electron chi connectivity index (χ3n) is 8.75. The fourth-order valence-electron chi connectivity index (χ4n) is 5.74. The van der Waals surface area contributed by atoms with Gasteiger partial charge in [-0.05, 0) is 72.8 Å². The number of phenolic OH excluding ortho intramolecular Hbond substituents is 2. The number of hydrogen-bond acceptors (Lipinski definition) is 12. The van der Waals surface area contributed by atoms with Crippen molar-refractivity contribution in [3.63, 3.8) is 0 Å². The SMILES string of the molecule is CC(C)C[C@H](NC(=O)[C@@H](NC(=O)[C@@H](N)CNC(=O)c1cc(O)ccc1O)C(C)C)C(=O)N[C@@H](Cc1ccccc1)[C@@H](O)C(=O)Nc1cccc(-c2nc(=S)o[nH]2)c1. The molecule has 17 nitrogen and oxygen atoms in total. The second-order valence-electron chi connectivity index (χ2n) is 14.2. The molecule has 0 saturated carbocycles. The predicted molar refractivity (Wildman–Crippen MR) is 212 cm³/mol. The van der Waals surface area contributed by atoms with Gasteiger partial charge < -0.3 is 52.2 Å². The van der Waals surface area contributed by atoms with E-state index < -0.39 is 65.7 Å². The molecule has 0 spiro atoms. The highest BCUT2D eigenvalue weighted by Gasteiger charge is 2.34. The topological polar surface area (TPSA) is 274 Å². The highest BCUT2D eigenvalue weighted by atomic mass is 32.1. The van der Waals surface area contributed by atoms with E-state index in [0.717, 1.165) is 17.7 Å². The summed E-state index contributed by atoms with van der Waals surface area (Å²) in [5, 5.41) is 46.8. The van der Waals surface area contributed by atoms with Crippen molar-refractivity contribution in [2.75, 3.05) is 11.9 Å². The van der Waals surface area contributed by atoms with Gasteiger partial charge in [-0.1, -0.05) is 70.2 Å². The smallest absolute Gasteiger partial charge is 0.314 e. The monoisotopic (exact) mass is 804 g/mol. The van der Waals surface area contributed by atoms with E-state index in [1.54, 1.807) is 68.4 Å². The van der Waals surface area contributed by atoms with Gasteiger partial charge >= 0.3 is 4.84 Å². The number of nitrogens with zero attached hydrogens (tertiary/aromatic N) is 1. The van der Waals surface area contributed by atoms with Crippen LogP contribution in [0.4, 0.5) is 5.69 Å². The van der Waals surface area contributed by atoms with E-state index in [0.29, 0.717) is 17.1 Å². The number of H-pyrrole nitrogens is 1. The van der Waals surface area contributed by atoms with Gasteiger partial charge in [0.2, 0.25) is 17.7 Å². The zero-order valence-corrected chi connectivity index (χ0v) is 32.6. The minimum Gasteiger partial charge on any atom is -0.508 e. The number of aromatic nitrogens is 2. The molecule has 0 aliphatic carbocycles. The quantitative estimate of drug-likeness (QED) is 0.0513. The molecule has 0 radical (unpaired) electrons. The lowest BCUT2D eigenvalue weighted by molar-refractivity contribution is -0.134. The zero-order valence-electron chi connectivity index (χ0n) is 31.8. The van der Waals surface area contributed by atoms with Gasteiger partial charge in [-0.15, -0.1) is 0 Å². The minimum atomic E-state index is -1.74. The van der Waals surface area contributed by atoms with Crippen molar-refractivity contribution in [3.8, 4) is 22.9 Å². The molecule has 3 aromatic carbocycles. The number of nitrogens with two attached hydrogens (primary N) is 1. The van der Waals surface area contributed by atoms with Crippen molar-refractivity contribution in [2.45, 2.75) is 70.8 Å². The van der Waals surface area contributed by atoms with Gasteiger partial charge in [0.25, 0.3) is 11.8 Å². The minimum absolute atomic E-state index is 0.00299. The van der Waals surface area contributed by atoms with E-state index in [1.807, 2.05) is 13.8 Å². The van der Waals surface area contributed by atoms with Crippen LogP contribution in [-0.4, -0.2) is 91.8 Å². The molecule has 0 unspecified atom stereocenters. The van der Waals surface area contributed by atoms with E-state index in [2.05, 4.69) is 36.7 Å². The summed E-state index contributed by atoms with van der Waals surface area (Å²) in [5.74, 6) is -4.60. The van der Waals surface area contributed by atoms with Crippen molar-refractivity contribution >= 4 is 47.4 Å². The Balaban J connectivity index is 1.45. The number of aliphatic hydroxyl groups excluding tert-OH is 1. The van der Waals surface area contributed by atoms with Crippen LogP contribution in [0.2, 0.25) is 0 Å². The van der Waals surface area contributed by atoms with Crippen LogP contribution in [0, 0.1) is 16.7 Å². The Morgan fingerprint density at radius 1 is 0.860 bits per heavy atom. The van der Waals surface area contributed by atoms with Crippen molar-refractivity contribution in [2.24, 2.45) is 17.6 Å². The Bertz CT molecular complexity index is 2090. The maximum Gasteiger partial charge on any atom is 0.314 e. The average Bonchev–Trinajstić information content (AvgIpc) is 3.62. The van der Waals surface area contributed by atoms with Crippen molar-refractivity contribution in [1.82, 2.24) is 31.4 Å². The van der Waals surface area contributed by atoms with Crippen LogP contribution in [0.3, 0.4) is 0 Å². The predicted octanol–water partition coefficient (Wildman–Crippen LogP) is 2.27. The number of benzene rings is 3. The molecule has 5 atom stereocenters. The number of aliphatic hydroxyl groups is 1. The molecule has 1 heterocycles. The number of phenols is 2. The maximum absolute atomic E-state index is 14.0. The number of carbonyl (C=O) groups is 5. The van der Waals surface area contributed by atoms with Gasteiger partial charge in [-0.25, -0.2) is 5.16 Å². The van der Waals surface area contributed by atoms with Crippen LogP contribution in [-0.2, 0) is 25.6 Å². The molecule has 0 bridgehead atoms. The number of amides is 5. The lowest BCUT2D eigenvalue weighted by Gasteiger charge is -2.29. The summed E-state index contributed by atoms with van der Waals surface area (Å²) >= 11 is 4.92. The first-order valence-electron chi connectivity index (χ1n) is 18.2. The van der Waals surface area contributed by atoms with Crippen LogP contribution >= 0.6 is 12.2 Å². The number of nitrogens with one attached hydrogen (secondary N) is 6. The van der Waals surface area contributed by atoms with Crippen molar-refractivity contribution in [1.29, 1.82) is 0 Å². The molecule has 0 aliphatic heterocycles. The molecule has 4 rings (SSSR count). The van der Waals surface area contributed by atoms with Crippen LogP contribution in [0.1, 0.15) is 50.0 Å². The van der Waals surface area contributed by atoms with Gasteiger partial charge in [-0.3, -0.25) is 24.0 Å². The summed E-state index contributed by atoms with van der Waals surface area (Å²) in [6.07, 6.45) is -1.52. The number of aromatic hydroxyl groups is 2. The lowest BCUT2D eigenvalue weighted by Crippen LogP contribution is -2.60. The molecule has 4 aromatic rings. The van der Waals surface area contributed by atoms with E-state index >= 15 is 0 Å². The highest BCUT2D eigenvalue weighted by molar-refractivity contribution is 7.71. The summed E-state index contributed by atoms with van der Waals surface area (Å²) in [6, 6.07) is 14.2. The second-order valence-corrected chi connectivity index (χ2v) is 14.5. The van der Waals surface area contributed by atoms with Gasteiger partial charge in [0.1, 0.15) is 29.6 Å². The Kier molecular flexibility index (Phi) is 15.4. The Labute approximate surface area is 333 Å². The first kappa shape index (κ1) is 43.6. The third-order valence-corrected chi connectivity index (χ3v) is 8.92. The molecule has 57 heavy (non-hydrogen) atoms. The third kappa shape index (κ3) is 12.7. The van der Waals surface area contributed by atoms with E-state index in [9.17, 15) is 39.3 Å². The number of aromatic amines is 1. The first-order valence-corrected chi connectivity index (χ1v) is 18.6. The number of anilines is 1. The van der Waals surface area contributed by atoms with Crippen LogP contribution in [0.25, 0.3) is 11.4 Å². The summed E-state index contributed by atoms with van der Waals surface area (Å²) in [4.78, 5) is 70.9. The van der Waals surface area contributed by atoms with Crippen molar-refractivity contribution in [3.05, 3.63) is 88.8 Å². The zero-order chi connectivity index (χ0) is 41.8. The molecular weight excluding hydrogens is 757 g/mol. The molecule has 0 aliphatic rings. The van der Waals surface area contributed by atoms with Crippen molar-refractivity contribution < 1.29 is 43.8 Å². The lowest BCUT2D eigenvalue weighted by atomic mass is 9.97. The summed E-state index contributed by atoms with van der Waals surface area (Å²) in [7, 11) is 0. The Morgan fingerprint density at radius 3 is 2.23 bits per heavy atom. The number of rotatable bonds is 18. The molecule has 304 valence electrons. The highest BCUT2D eigenvalue weighted by Crippen LogP contribution is 2.22. The van der Waals surface area contributed by atoms with Gasteiger partial charge in [0, 0.05) is 17.8 Å². The van der Waals surface area contributed by atoms with Gasteiger partial charge in [0.05, 0.1) is 11.6 Å². The summed E-state index contributed by atoms with van der Waals surface area (Å²) in [5.41, 5.74) is 7.40. The molecular formula is C39H48N8O9S. The van der Waals surface area contributed by atoms with Crippen LogP contribution < -0.4 is 32.3 Å². The van der Waals surface area contributed by atoms with Crippen LogP contribution in [0.5, 0.6) is 11.5 Å². The Morgan fingerprint density at radius 2 is 1.58 bits per heavy atom. The maximum atomic E-state index is 14.0. The van der Waals surface area contributed by atoms with Crippen LogP contribution in [0.15, 0.2) is 77.3 Å². The fraction of sp³-hybridized carbons (Fsp3) is 0.359. The molecule has 1 aromatic heterocycles. The first-order chi connectivity index (χ1) is 27.0. The van der Waals surface area contributed by atoms with E-state index in [-0.39, 0.29) is 47.2 Å². The number of carbonyl (C=O) groups excluding carboxylic acids is 5. The molecule has 0 saturated heterocycles. The second kappa shape index (κ2) is 20.2. The molecule has 18 heteroatoms. The number of hydrogen-bond donors (Lipinski definition) is 10. The van der Waals surface area contributed by atoms with E-state index in [4.69, 9.17) is 22.5 Å². The summed E-state index contributed by atoms with van der Waals surface area (Å²) < 4.78 is 4.99. The standard InChI is InChI=1S/C39H48N8O9S/c1-20(2)15-29(44-37(54)31(21(3)4)45-35(52)27(40)19-41-34(51)26-18-25(48)13-14-30(26)49)36(53)43-28(16-22-9-6-5-7-10-22)32(50)38(55)42-24-12-8-11-23(17-24)33-46-39(57)56-47-33/h5-14,17-18,20-21,27-29,31-32,48-50H,15-16,19,40H2,1-4H3,(H,41,51)(H,42,55)(H,43,53)(H,44,54)(H,45,52)(H,46,47,57)/t27-,28-,29-,31-,32+/m0/s1. The normalized spacial score (nSPS) is 13.8. The average molecular weight is 805 g/mol. The van der Waals surface area contributed by atoms with Gasteiger partial charge in [0.15, 0.2) is 11.9 Å². The molecule has 5 amide bonds. The van der Waals surface area contributed by atoms with Gasteiger partial charge in [-0.2, -0.15) is 4.98 Å². The fourth-order valence-corrected chi connectivity index (χ4v) is 5.88. The summed E-state index contributed by atoms with van der Waals surface area (Å²) in [6.45, 7) is 6.69. The largest absolute Gasteiger partial charge is 0.508 e.